The van der Waals surface area contributed by atoms with Crippen LogP contribution in [0.15, 0.2) is 23.6 Å². The molecule has 4 nitrogen and oxygen atoms in total. The Balaban J connectivity index is 1.55. The van der Waals surface area contributed by atoms with Gasteiger partial charge in [0.15, 0.2) is 0 Å². The predicted molar refractivity (Wildman–Crippen MR) is 114 cm³/mol. The average molecular weight is 400 g/mol. The highest BCUT2D eigenvalue weighted by atomic mass is 32.1. The molecule has 6 heteroatoms. The molecule has 4 heterocycles. The first-order chi connectivity index (χ1) is 13.0. The number of fused-ring (bicyclic) bond motifs is 1. The van der Waals surface area contributed by atoms with E-state index in [4.69, 9.17) is 0 Å². The Hall–Kier alpha value is -1.76. The highest BCUT2D eigenvalue weighted by Crippen LogP contribution is 2.33. The standard InChI is InChI=1S/C21H25N3OS2/c1-13-11-14(2)23-21-18(13)15(3)19(27-21)20(25)22-12-16(17-7-6-10-26-17)24-8-4-5-9-24/h6-7,10-11,16H,4-5,8-9,12H2,1-3H3,(H,22,25). The molecule has 142 valence electrons. The van der Waals surface area contributed by atoms with Crippen molar-refractivity contribution in [3.63, 3.8) is 0 Å². The van der Waals surface area contributed by atoms with Crippen LogP contribution in [0.1, 0.15) is 50.3 Å². The smallest absolute Gasteiger partial charge is 0.261 e. The average Bonchev–Trinajstić information content (AvgIpc) is 3.36. The van der Waals surface area contributed by atoms with Crippen LogP contribution in [-0.2, 0) is 0 Å². The van der Waals surface area contributed by atoms with Crippen molar-refractivity contribution in [3.05, 3.63) is 50.2 Å². The summed E-state index contributed by atoms with van der Waals surface area (Å²) in [4.78, 5) is 23.2. The van der Waals surface area contributed by atoms with Gasteiger partial charge in [-0.15, -0.1) is 22.7 Å². The lowest BCUT2D eigenvalue weighted by Crippen LogP contribution is -2.36. The third kappa shape index (κ3) is 3.66. The topological polar surface area (TPSA) is 45.2 Å². The lowest BCUT2D eigenvalue weighted by molar-refractivity contribution is 0.0942. The van der Waals surface area contributed by atoms with E-state index in [0.717, 1.165) is 39.4 Å². The van der Waals surface area contributed by atoms with Gasteiger partial charge in [0.2, 0.25) is 0 Å². The number of carbonyl (C=O) groups is 1. The van der Waals surface area contributed by atoms with E-state index in [1.165, 1.54) is 34.6 Å². The van der Waals surface area contributed by atoms with Crippen LogP contribution in [0, 0.1) is 20.8 Å². The first-order valence-corrected chi connectivity index (χ1v) is 11.2. The molecule has 3 aromatic rings. The van der Waals surface area contributed by atoms with Crippen molar-refractivity contribution in [3.8, 4) is 0 Å². The quantitative estimate of drug-likeness (QED) is 0.667. The third-order valence-corrected chi connectivity index (χ3v) is 7.50. The van der Waals surface area contributed by atoms with E-state index in [1.54, 1.807) is 11.3 Å². The molecule has 1 atom stereocenters. The molecular formula is C21H25N3OS2. The van der Waals surface area contributed by atoms with Gasteiger partial charge in [-0.05, 0) is 75.3 Å². The number of rotatable bonds is 5. The molecule has 1 fully saturated rings. The Kier molecular flexibility index (Phi) is 5.30. The number of carbonyl (C=O) groups excluding carboxylic acids is 1. The van der Waals surface area contributed by atoms with Crippen LogP contribution >= 0.6 is 22.7 Å². The van der Waals surface area contributed by atoms with Gasteiger partial charge < -0.3 is 5.32 Å². The zero-order valence-corrected chi connectivity index (χ0v) is 17.7. The molecule has 1 saturated heterocycles. The van der Waals surface area contributed by atoms with Crippen LogP contribution in [0.3, 0.4) is 0 Å². The second kappa shape index (κ2) is 7.70. The Morgan fingerprint density at radius 1 is 1.30 bits per heavy atom. The summed E-state index contributed by atoms with van der Waals surface area (Å²) in [5.74, 6) is 0.0216. The zero-order chi connectivity index (χ0) is 19.0. The van der Waals surface area contributed by atoms with Crippen LogP contribution in [0.4, 0.5) is 0 Å². The van der Waals surface area contributed by atoms with E-state index >= 15 is 0 Å². The molecule has 1 aliphatic rings. The number of nitrogens with one attached hydrogen (secondary N) is 1. The monoisotopic (exact) mass is 399 g/mol. The summed E-state index contributed by atoms with van der Waals surface area (Å²) in [6.45, 7) is 9.01. The zero-order valence-electron chi connectivity index (χ0n) is 16.0. The SMILES string of the molecule is Cc1cc(C)c2c(C)c(C(=O)NCC(c3cccs3)N3CCCC3)sc2n1. The Morgan fingerprint density at radius 2 is 2.07 bits per heavy atom. The minimum absolute atomic E-state index is 0.0216. The number of hydrogen-bond acceptors (Lipinski definition) is 5. The maximum atomic E-state index is 13.0. The molecule has 1 N–H and O–H groups in total. The molecule has 27 heavy (non-hydrogen) atoms. The summed E-state index contributed by atoms with van der Waals surface area (Å²) in [7, 11) is 0. The Bertz CT molecular complexity index is 956. The highest BCUT2D eigenvalue weighted by molar-refractivity contribution is 7.20. The molecule has 0 bridgehead atoms. The largest absolute Gasteiger partial charge is 0.349 e. The number of hydrogen-bond donors (Lipinski definition) is 1. The van der Waals surface area contributed by atoms with Gasteiger partial charge in [0.1, 0.15) is 4.83 Å². The fourth-order valence-electron chi connectivity index (χ4n) is 4.05. The van der Waals surface area contributed by atoms with Crippen LogP contribution in [-0.4, -0.2) is 35.4 Å². The second-order valence-electron chi connectivity index (χ2n) is 7.30. The maximum absolute atomic E-state index is 13.0. The summed E-state index contributed by atoms with van der Waals surface area (Å²) in [6.07, 6.45) is 2.49. The van der Waals surface area contributed by atoms with E-state index in [-0.39, 0.29) is 11.9 Å². The van der Waals surface area contributed by atoms with Crippen molar-refractivity contribution < 1.29 is 4.79 Å². The maximum Gasteiger partial charge on any atom is 0.261 e. The Morgan fingerprint density at radius 3 is 2.78 bits per heavy atom. The van der Waals surface area contributed by atoms with Gasteiger partial charge in [0.05, 0.1) is 10.9 Å². The number of aryl methyl sites for hydroxylation is 3. The van der Waals surface area contributed by atoms with Crippen LogP contribution < -0.4 is 5.32 Å². The molecule has 1 unspecified atom stereocenters. The van der Waals surface area contributed by atoms with E-state index in [0.29, 0.717) is 6.54 Å². The lowest BCUT2D eigenvalue weighted by Gasteiger charge is -2.26. The van der Waals surface area contributed by atoms with Crippen molar-refractivity contribution in [1.82, 2.24) is 15.2 Å². The molecule has 0 radical (unpaired) electrons. The molecule has 3 aromatic heterocycles. The van der Waals surface area contributed by atoms with Gasteiger partial charge in [-0.2, -0.15) is 0 Å². The predicted octanol–water partition coefficient (Wildman–Crippen LogP) is 4.85. The van der Waals surface area contributed by atoms with Gasteiger partial charge in [-0.1, -0.05) is 6.07 Å². The van der Waals surface area contributed by atoms with E-state index in [2.05, 4.69) is 45.7 Å². The summed E-state index contributed by atoms with van der Waals surface area (Å²) in [5.41, 5.74) is 3.24. The number of thiophene rings is 2. The van der Waals surface area contributed by atoms with E-state index < -0.39 is 0 Å². The minimum atomic E-state index is 0.0216. The van der Waals surface area contributed by atoms with Crippen molar-refractivity contribution in [2.24, 2.45) is 0 Å². The highest BCUT2D eigenvalue weighted by Gasteiger charge is 2.26. The van der Waals surface area contributed by atoms with Crippen LogP contribution in [0.2, 0.25) is 0 Å². The molecule has 0 aliphatic carbocycles. The Labute approximate surface area is 168 Å². The van der Waals surface area contributed by atoms with Crippen molar-refractivity contribution in [1.29, 1.82) is 0 Å². The third-order valence-electron chi connectivity index (χ3n) is 5.34. The molecule has 1 amide bonds. The number of nitrogens with zero attached hydrogens (tertiary/aromatic N) is 2. The number of aromatic nitrogens is 1. The normalized spacial score (nSPS) is 16.1. The molecule has 0 aromatic carbocycles. The first-order valence-electron chi connectivity index (χ1n) is 9.47. The second-order valence-corrected chi connectivity index (χ2v) is 9.28. The molecule has 0 spiro atoms. The fourth-order valence-corrected chi connectivity index (χ4v) is 6.13. The summed E-state index contributed by atoms with van der Waals surface area (Å²) in [5, 5.41) is 6.46. The van der Waals surface area contributed by atoms with E-state index in [1.807, 2.05) is 13.8 Å². The van der Waals surface area contributed by atoms with Crippen molar-refractivity contribution in [2.45, 2.75) is 39.7 Å². The van der Waals surface area contributed by atoms with E-state index in [9.17, 15) is 4.79 Å². The fraction of sp³-hybridized carbons (Fsp3) is 0.429. The summed E-state index contributed by atoms with van der Waals surface area (Å²) < 4.78 is 0. The van der Waals surface area contributed by atoms with Crippen LogP contribution in [0.25, 0.3) is 10.2 Å². The molecule has 0 saturated carbocycles. The first kappa shape index (κ1) is 18.6. The van der Waals surface area contributed by atoms with Gasteiger partial charge in [0, 0.05) is 22.5 Å². The molecular weight excluding hydrogens is 374 g/mol. The minimum Gasteiger partial charge on any atom is -0.349 e. The van der Waals surface area contributed by atoms with Gasteiger partial charge >= 0.3 is 0 Å². The van der Waals surface area contributed by atoms with Gasteiger partial charge in [-0.25, -0.2) is 4.98 Å². The van der Waals surface area contributed by atoms with Crippen molar-refractivity contribution in [2.75, 3.05) is 19.6 Å². The molecule has 4 rings (SSSR count). The number of pyridine rings is 1. The van der Waals surface area contributed by atoms with Crippen LogP contribution in [0.5, 0.6) is 0 Å². The van der Waals surface area contributed by atoms with Gasteiger partial charge in [-0.3, -0.25) is 9.69 Å². The number of amides is 1. The molecule has 1 aliphatic heterocycles. The summed E-state index contributed by atoms with van der Waals surface area (Å²) in [6, 6.07) is 6.63. The lowest BCUT2D eigenvalue weighted by atomic mass is 10.1. The number of likely N-dealkylation sites (tertiary alicyclic amines) is 1. The van der Waals surface area contributed by atoms with Gasteiger partial charge in [0.25, 0.3) is 5.91 Å². The summed E-state index contributed by atoms with van der Waals surface area (Å²) >= 11 is 3.28. The van der Waals surface area contributed by atoms with Crippen molar-refractivity contribution >= 4 is 38.8 Å².